The second-order valence-electron chi connectivity index (χ2n) is 4.35. The van der Waals surface area contributed by atoms with Crippen molar-refractivity contribution in [3.8, 4) is 0 Å². The van der Waals surface area contributed by atoms with E-state index in [0.29, 0.717) is 10.5 Å². The standard InChI is InChI=1S/C13H7BrF5NO2S/c14-7-2-1-3-8(6-7)23(21,22)20-10-5-4-9(13(17,18)19)11(15)12(10)16/h1-6,20H. The number of rotatable bonds is 3. The number of benzene rings is 2. The normalized spacial score (nSPS) is 12.3. The Balaban J connectivity index is 2.43. The quantitative estimate of drug-likeness (QED) is 0.747. The Morgan fingerprint density at radius 3 is 2.22 bits per heavy atom. The summed E-state index contributed by atoms with van der Waals surface area (Å²) in [5.41, 5.74) is -2.74. The Morgan fingerprint density at radius 2 is 1.65 bits per heavy atom. The monoisotopic (exact) mass is 415 g/mol. The van der Waals surface area contributed by atoms with Gasteiger partial charge in [-0.1, -0.05) is 22.0 Å². The average Bonchev–Trinajstić information content (AvgIpc) is 2.42. The van der Waals surface area contributed by atoms with E-state index in [1.807, 2.05) is 0 Å². The zero-order valence-electron chi connectivity index (χ0n) is 11.0. The Labute approximate surface area is 136 Å². The molecule has 0 spiro atoms. The van der Waals surface area contributed by atoms with Crippen molar-refractivity contribution < 1.29 is 30.4 Å². The molecular weight excluding hydrogens is 409 g/mol. The minimum absolute atomic E-state index is 0.261. The van der Waals surface area contributed by atoms with Gasteiger partial charge in [-0.3, -0.25) is 4.72 Å². The highest BCUT2D eigenvalue weighted by Crippen LogP contribution is 2.34. The van der Waals surface area contributed by atoms with Gasteiger partial charge in [-0.25, -0.2) is 17.2 Å². The van der Waals surface area contributed by atoms with E-state index in [1.54, 1.807) is 4.72 Å². The summed E-state index contributed by atoms with van der Waals surface area (Å²) in [5, 5.41) is 0. The zero-order chi connectivity index (χ0) is 17.4. The molecule has 0 unspecified atom stereocenters. The van der Waals surface area contributed by atoms with Crippen LogP contribution in [0.3, 0.4) is 0 Å². The van der Waals surface area contributed by atoms with Crippen LogP contribution in [0.5, 0.6) is 0 Å². The SMILES string of the molecule is O=S(=O)(Nc1ccc(C(F)(F)F)c(F)c1F)c1cccc(Br)c1. The Morgan fingerprint density at radius 1 is 1.00 bits per heavy atom. The number of hydrogen-bond donors (Lipinski definition) is 1. The van der Waals surface area contributed by atoms with E-state index in [2.05, 4.69) is 15.9 Å². The number of halogens is 6. The number of anilines is 1. The van der Waals surface area contributed by atoms with E-state index in [9.17, 15) is 30.4 Å². The van der Waals surface area contributed by atoms with E-state index in [1.165, 1.54) is 24.3 Å². The first-order chi connectivity index (χ1) is 10.5. The maximum Gasteiger partial charge on any atom is 0.419 e. The van der Waals surface area contributed by atoms with Gasteiger partial charge >= 0.3 is 6.18 Å². The van der Waals surface area contributed by atoms with Crippen LogP contribution in [-0.2, 0) is 16.2 Å². The van der Waals surface area contributed by atoms with Crippen LogP contribution in [-0.4, -0.2) is 8.42 Å². The second kappa shape index (κ2) is 6.08. The van der Waals surface area contributed by atoms with Crippen molar-refractivity contribution in [1.82, 2.24) is 0 Å². The Hall–Kier alpha value is -1.68. The molecule has 0 fully saturated rings. The first-order valence-corrected chi connectivity index (χ1v) is 8.13. The molecule has 0 amide bonds. The van der Waals surface area contributed by atoms with Gasteiger partial charge in [0, 0.05) is 4.47 Å². The van der Waals surface area contributed by atoms with Crippen LogP contribution in [0.25, 0.3) is 0 Å². The first-order valence-electron chi connectivity index (χ1n) is 5.86. The number of sulfonamides is 1. The first kappa shape index (κ1) is 17.7. The summed E-state index contributed by atoms with van der Waals surface area (Å²) in [4.78, 5) is -0.272. The molecule has 0 aliphatic rings. The molecule has 0 atom stereocenters. The average molecular weight is 416 g/mol. The van der Waals surface area contributed by atoms with Gasteiger partial charge in [0.2, 0.25) is 0 Å². The summed E-state index contributed by atoms with van der Waals surface area (Å²) in [7, 11) is -4.29. The molecule has 0 aromatic heterocycles. The van der Waals surface area contributed by atoms with Gasteiger partial charge in [0.05, 0.1) is 16.1 Å². The fourth-order valence-electron chi connectivity index (χ4n) is 1.69. The predicted molar refractivity (Wildman–Crippen MR) is 76.3 cm³/mol. The maximum absolute atomic E-state index is 13.7. The highest BCUT2D eigenvalue weighted by Gasteiger charge is 2.36. The van der Waals surface area contributed by atoms with Gasteiger partial charge in [-0.2, -0.15) is 13.2 Å². The van der Waals surface area contributed by atoms with Crippen LogP contribution in [0.1, 0.15) is 5.56 Å². The van der Waals surface area contributed by atoms with E-state index < -0.39 is 39.1 Å². The van der Waals surface area contributed by atoms with Gasteiger partial charge in [0.15, 0.2) is 11.6 Å². The van der Waals surface area contributed by atoms with Gasteiger partial charge in [-0.05, 0) is 30.3 Å². The molecule has 0 radical (unpaired) electrons. The van der Waals surface area contributed by atoms with Crippen molar-refractivity contribution in [3.05, 3.63) is 58.1 Å². The van der Waals surface area contributed by atoms with Crippen molar-refractivity contribution in [2.45, 2.75) is 11.1 Å². The summed E-state index contributed by atoms with van der Waals surface area (Å²) in [6.45, 7) is 0. The molecule has 2 aromatic carbocycles. The number of alkyl halides is 3. The molecule has 23 heavy (non-hydrogen) atoms. The fraction of sp³-hybridized carbons (Fsp3) is 0.0769. The van der Waals surface area contributed by atoms with Crippen molar-refractivity contribution in [1.29, 1.82) is 0 Å². The molecule has 0 saturated heterocycles. The lowest BCUT2D eigenvalue weighted by molar-refractivity contribution is -0.140. The molecular formula is C13H7BrF5NO2S. The minimum atomic E-state index is -5.09. The van der Waals surface area contributed by atoms with Gasteiger partial charge in [0.1, 0.15) is 0 Å². The Kier molecular flexibility index (Phi) is 4.67. The molecule has 0 aliphatic heterocycles. The van der Waals surface area contributed by atoms with E-state index in [-0.39, 0.29) is 11.0 Å². The molecule has 124 valence electrons. The minimum Gasteiger partial charge on any atom is -0.277 e. The highest BCUT2D eigenvalue weighted by molar-refractivity contribution is 9.10. The highest BCUT2D eigenvalue weighted by atomic mass is 79.9. The number of hydrogen-bond acceptors (Lipinski definition) is 2. The van der Waals surface area contributed by atoms with E-state index >= 15 is 0 Å². The lowest BCUT2D eigenvalue weighted by Gasteiger charge is -2.13. The summed E-state index contributed by atoms with van der Waals surface area (Å²) < 4.78 is 90.8. The molecule has 2 aromatic rings. The van der Waals surface area contributed by atoms with Crippen LogP contribution in [0.2, 0.25) is 0 Å². The summed E-state index contributed by atoms with van der Waals surface area (Å²) in [6, 6.07) is 6.08. The van der Waals surface area contributed by atoms with Crippen molar-refractivity contribution in [3.63, 3.8) is 0 Å². The fourth-order valence-corrected chi connectivity index (χ4v) is 3.34. The third-order valence-corrected chi connectivity index (χ3v) is 4.59. The van der Waals surface area contributed by atoms with Crippen LogP contribution >= 0.6 is 15.9 Å². The molecule has 0 aliphatic carbocycles. The molecule has 2 rings (SSSR count). The molecule has 0 bridgehead atoms. The van der Waals surface area contributed by atoms with Gasteiger partial charge < -0.3 is 0 Å². The second-order valence-corrected chi connectivity index (χ2v) is 6.95. The van der Waals surface area contributed by atoms with Gasteiger partial charge in [0.25, 0.3) is 10.0 Å². The smallest absolute Gasteiger partial charge is 0.277 e. The van der Waals surface area contributed by atoms with Gasteiger partial charge in [-0.15, -0.1) is 0 Å². The topological polar surface area (TPSA) is 46.2 Å². The van der Waals surface area contributed by atoms with E-state index in [0.717, 1.165) is 0 Å². The largest absolute Gasteiger partial charge is 0.419 e. The summed E-state index contributed by atoms with van der Waals surface area (Å²) in [5.74, 6) is -4.11. The maximum atomic E-state index is 13.7. The summed E-state index contributed by atoms with van der Waals surface area (Å²) >= 11 is 3.05. The zero-order valence-corrected chi connectivity index (χ0v) is 13.4. The lowest BCUT2D eigenvalue weighted by Crippen LogP contribution is -2.16. The predicted octanol–water partition coefficient (Wildman–Crippen LogP) is 4.55. The van der Waals surface area contributed by atoms with Crippen LogP contribution in [0.4, 0.5) is 27.6 Å². The Bertz CT molecular complexity index is 852. The van der Waals surface area contributed by atoms with E-state index in [4.69, 9.17) is 0 Å². The molecule has 10 heteroatoms. The van der Waals surface area contributed by atoms with Crippen LogP contribution in [0, 0.1) is 11.6 Å². The van der Waals surface area contributed by atoms with Crippen molar-refractivity contribution in [2.75, 3.05) is 4.72 Å². The lowest BCUT2D eigenvalue weighted by atomic mass is 10.2. The third-order valence-electron chi connectivity index (χ3n) is 2.74. The van der Waals surface area contributed by atoms with Crippen molar-refractivity contribution >= 4 is 31.6 Å². The molecule has 0 saturated carbocycles. The molecule has 1 N–H and O–H groups in total. The molecule has 0 heterocycles. The van der Waals surface area contributed by atoms with Crippen LogP contribution < -0.4 is 4.72 Å². The number of nitrogens with one attached hydrogen (secondary N) is 1. The third kappa shape index (κ3) is 3.81. The van der Waals surface area contributed by atoms with Crippen molar-refractivity contribution in [2.24, 2.45) is 0 Å². The molecule has 3 nitrogen and oxygen atoms in total. The van der Waals surface area contributed by atoms with Crippen LogP contribution in [0.15, 0.2) is 45.8 Å². The summed E-state index contributed by atoms with van der Waals surface area (Å²) in [6.07, 6.45) is -5.09.